The van der Waals surface area contributed by atoms with Crippen molar-refractivity contribution in [2.24, 2.45) is 0 Å². The van der Waals surface area contributed by atoms with Crippen molar-refractivity contribution in [3.63, 3.8) is 0 Å². The minimum Gasteiger partial charge on any atom is -0.497 e. The van der Waals surface area contributed by atoms with Gasteiger partial charge in [-0.1, -0.05) is 17.3 Å². The monoisotopic (exact) mass is 385 g/mol. The fourth-order valence-corrected chi connectivity index (χ4v) is 3.94. The average molecular weight is 386 g/mol. The number of benzene rings is 1. The van der Waals surface area contributed by atoms with Crippen molar-refractivity contribution in [3.05, 3.63) is 41.2 Å². The standard InChI is InChI=1S/C21H31N5O2/c1-5-25(15(2)14-17-6-8-19(28-4)9-7-17)21(27)20-16(3)26(24-23-20)18-10-12-22-13-11-18/h6-9,15,18,22H,5,10-14H2,1-4H3. The number of amides is 1. The maximum absolute atomic E-state index is 13.2. The van der Waals surface area contributed by atoms with Crippen molar-refractivity contribution in [3.8, 4) is 5.75 Å². The SMILES string of the molecule is CCN(C(=O)c1nnn(C2CCNCC2)c1C)C(C)Cc1ccc(OC)cc1. The second-order valence-corrected chi connectivity index (χ2v) is 7.44. The van der Waals surface area contributed by atoms with Gasteiger partial charge in [-0.15, -0.1) is 5.10 Å². The van der Waals surface area contributed by atoms with Crippen LogP contribution in [0.3, 0.4) is 0 Å². The Balaban J connectivity index is 1.72. The molecule has 1 aromatic heterocycles. The van der Waals surface area contributed by atoms with Crippen LogP contribution in [0.15, 0.2) is 24.3 Å². The summed E-state index contributed by atoms with van der Waals surface area (Å²) in [5.41, 5.74) is 2.52. The average Bonchev–Trinajstić information content (AvgIpc) is 3.11. The fraction of sp³-hybridized carbons (Fsp3) is 0.571. The van der Waals surface area contributed by atoms with E-state index in [1.165, 1.54) is 5.56 Å². The second kappa shape index (κ2) is 9.19. The zero-order valence-electron chi connectivity index (χ0n) is 17.3. The summed E-state index contributed by atoms with van der Waals surface area (Å²) in [6.45, 7) is 8.64. The molecule has 3 rings (SSSR count). The number of aromatic nitrogens is 3. The van der Waals surface area contributed by atoms with E-state index in [0.29, 0.717) is 18.3 Å². The third kappa shape index (κ3) is 4.35. The molecule has 0 bridgehead atoms. The predicted molar refractivity (Wildman–Crippen MR) is 109 cm³/mol. The summed E-state index contributed by atoms with van der Waals surface area (Å²) in [7, 11) is 1.66. The van der Waals surface area contributed by atoms with Crippen LogP contribution in [0.4, 0.5) is 0 Å². The van der Waals surface area contributed by atoms with E-state index in [0.717, 1.165) is 43.8 Å². The van der Waals surface area contributed by atoms with Gasteiger partial charge in [-0.3, -0.25) is 4.79 Å². The van der Waals surface area contributed by atoms with Crippen molar-refractivity contribution in [1.29, 1.82) is 0 Å². The van der Waals surface area contributed by atoms with Gasteiger partial charge in [0.05, 0.1) is 18.8 Å². The predicted octanol–water partition coefficient (Wildman–Crippen LogP) is 2.61. The number of piperidine rings is 1. The first-order valence-corrected chi connectivity index (χ1v) is 10.1. The van der Waals surface area contributed by atoms with E-state index in [1.54, 1.807) is 7.11 Å². The summed E-state index contributed by atoms with van der Waals surface area (Å²) in [4.78, 5) is 15.1. The van der Waals surface area contributed by atoms with Gasteiger partial charge in [-0.2, -0.15) is 0 Å². The maximum Gasteiger partial charge on any atom is 0.276 e. The summed E-state index contributed by atoms with van der Waals surface area (Å²) >= 11 is 0. The van der Waals surface area contributed by atoms with E-state index in [1.807, 2.05) is 47.7 Å². The first-order valence-electron chi connectivity index (χ1n) is 10.1. The molecule has 7 nitrogen and oxygen atoms in total. The number of rotatable bonds is 7. The molecule has 1 atom stereocenters. The zero-order valence-corrected chi connectivity index (χ0v) is 17.3. The van der Waals surface area contributed by atoms with E-state index >= 15 is 0 Å². The van der Waals surface area contributed by atoms with E-state index in [2.05, 4.69) is 22.6 Å². The van der Waals surface area contributed by atoms with E-state index in [4.69, 9.17) is 4.74 Å². The van der Waals surface area contributed by atoms with Crippen molar-refractivity contribution < 1.29 is 9.53 Å². The molecule has 1 amide bonds. The lowest BCUT2D eigenvalue weighted by atomic mass is 10.0. The summed E-state index contributed by atoms with van der Waals surface area (Å²) in [6.07, 6.45) is 2.82. The van der Waals surface area contributed by atoms with Crippen molar-refractivity contribution in [1.82, 2.24) is 25.2 Å². The smallest absolute Gasteiger partial charge is 0.276 e. The molecule has 2 heterocycles. The molecule has 2 aromatic rings. The van der Waals surface area contributed by atoms with Crippen molar-refractivity contribution in [2.75, 3.05) is 26.7 Å². The third-order valence-corrected chi connectivity index (χ3v) is 5.61. The Kier molecular flexibility index (Phi) is 6.67. The highest BCUT2D eigenvalue weighted by Crippen LogP contribution is 2.22. The van der Waals surface area contributed by atoms with Gasteiger partial charge in [0.25, 0.3) is 5.91 Å². The Hall–Kier alpha value is -2.41. The van der Waals surface area contributed by atoms with Gasteiger partial charge in [-0.05, 0) is 70.8 Å². The molecular weight excluding hydrogens is 354 g/mol. The Labute approximate surface area is 167 Å². The summed E-state index contributed by atoms with van der Waals surface area (Å²) in [5.74, 6) is 0.797. The zero-order chi connectivity index (χ0) is 20.1. The molecule has 1 unspecified atom stereocenters. The van der Waals surface area contributed by atoms with Crippen LogP contribution < -0.4 is 10.1 Å². The van der Waals surface area contributed by atoms with Crippen LogP contribution in [-0.2, 0) is 6.42 Å². The molecule has 0 saturated carbocycles. The van der Waals surface area contributed by atoms with E-state index < -0.39 is 0 Å². The number of nitrogens with zero attached hydrogens (tertiary/aromatic N) is 4. The number of hydrogen-bond donors (Lipinski definition) is 1. The Morgan fingerprint density at radius 3 is 2.61 bits per heavy atom. The first-order chi connectivity index (χ1) is 13.5. The largest absolute Gasteiger partial charge is 0.497 e. The number of nitrogens with one attached hydrogen (secondary N) is 1. The van der Waals surface area contributed by atoms with Crippen LogP contribution in [0, 0.1) is 6.92 Å². The Morgan fingerprint density at radius 2 is 2.00 bits per heavy atom. The lowest BCUT2D eigenvalue weighted by molar-refractivity contribution is 0.0696. The van der Waals surface area contributed by atoms with Gasteiger partial charge in [0.1, 0.15) is 5.75 Å². The maximum atomic E-state index is 13.2. The molecule has 1 aliphatic rings. The minimum absolute atomic E-state index is 0.0406. The van der Waals surface area contributed by atoms with Gasteiger partial charge in [0.15, 0.2) is 5.69 Å². The van der Waals surface area contributed by atoms with Crippen LogP contribution in [0.1, 0.15) is 54.5 Å². The highest BCUT2D eigenvalue weighted by Gasteiger charge is 2.27. The summed E-state index contributed by atoms with van der Waals surface area (Å²) in [5, 5.41) is 11.9. The molecule has 7 heteroatoms. The number of carbonyl (C=O) groups excluding carboxylic acids is 1. The number of carbonyl (C=O) groups is 1. The highest BCUT2D eigenvalue weighted by atomic mass is 16.5. The number of hydrogen-bond acceptors (Lipinski definition) is 5. The van der Waals surface area contributed by atoms with Gasteiger partial charge in [0.2, 0.25) is 0 Å². The molecule has 0 aliphatic carbocycles. The molecule has 0 spiro atoms. The summed E-state index contributed by atoms with van der Waals surface area (Å²) in [6, 6.07) is 8.39. The normalized spacial score (nSPS) is 16.0. The van der Waals surface area contributed by atoms with Crippen LogP contribution in [0.5, 0.6) is 5.75 Å². The molecular formula is C21H31N5O2. The van der Waals surface area contributed by atoms with Crippen LogP contribution in [-0.4, -0.2) is 58.6 Å². The Bertz CT molecular complexity index is 781. The molecule has 152 valence electrons. The highest BCUT2D eigenvalue weighted by molar-refractivity contribution is 5.93. The topological polar surface area (TPSA) is 72.3 Å². The van der Waals surface area contributed by atoms with Gasteiger partial charge in [-0.25, -0.2) is 4.68 Å². The second-order valence-electron chi connectivity index (χ2n) is 7.44. The molecule has 1 aromatic carbocycles. The molecule has 1 fully saturated rings. The lowest BCUT2D eigenvalue weighted by Crippen LogP contribution is -2.40. The van der Waals surface area contributed by atoms with Gasteiger partial charge < -0.3 is 15.0 Å². The Morgan fingerprint density at radius 1 is 1.32 bits per heavy atom. The molecule has 28 heavy (non-hydrogen) atoms. The fourth-order valence-electron chi connectivity index (χ4n) is 3.94. The molecule has 1 saturated heterocycles. The lowest BCUT2D eigenvalue weighted by Gasteiger charge is -2.28. The first kappa shape index (κ1) is 20.3. The van der Waals surface area contributed by atoms with Crippen LogP contribution in [0.2, 0.25) is 0 Å². The third-order valence-electron chi connectivity index (χ3n) is 5.61. The summed E-state index contributed by atoms with van der Waals surface area (Å²) < 4.78 is 7.16. The molecule has 1 N–H and O–H groups in total. The molecule has 1 aliphatic heterocycles. The van der Waals surface area contributed by atoms with Crippen LogP contribution >= 0.6 is 0 Å². The van der Waals surface area contributed by atoms with Gasteiger partial charge >= 0.3 is 0 Å². The molecule has 0 radical (unpaired) electrons. The van der Waals surface area contributed by atoms with E-state index in [9.17, 15) is 4.79 Å². The minimum atomic E-state index is -0.0406. The van der Waals surface area contributed by atoms with Crippen LogP contribution in [0.25, 0.3) is 0 Å². The quantitative estimate of drug-likeness (QED) is 0.793. The number of ether oxygens (including phenoxy) is 1. The van der Waals surface area contributed by atoms with Crippen molar-refractivity contribution >= 4 is 5.91 Å². The number of methoxy groups -OCH3 is 1. The van der Waals surface area contributed by atoms with Gasteiger partial charge in [0, 0.05) is 12.6 Å². The number of likely N-dealkylation sites (N-methyl/N-ethyl adjacent to an activating group) is 1. The van der Waals surface area contributed by atoms with Crippen molar-refractivity contribution in [2.45, 2.75) is 52.1 Å². The van der Waals surface area contributed by atoms with E-state index in [-0.39, 0.29) is 11.9 Å².